The van der Waals surface area contributed by atoms with Crippen LogP contribution in [0.2, 0.25) is 0 Å². The Balaban J connectivity index is 1.21. The normalized spacial score (nSPS) is 21.1. The maximum atomic E-state index is 6.14. The van der Waals surface area contributed by atoms with E-state index in [0.717, 1.165) is 36.4 Å². The van der Waals surface area contributed by atoms with Gasteiger partial charge in [-0.3, -0.25) is 0 Å². The van der Waals surface area contributed by atoms with E-state index in [1.165, 1.54) is 31.4 Å². The number of nitrogens with zero attached hydrogens (tertiary/aromatic N) is 4. The number of aromatic nitrogens is 4. The number of rotatable bonds is 6. The maximum Gasteiger partial charge on any atom is 0.203 e. The second-order valence-electron chi connectivity index (χ2n) is 9.55. The topological polar surface area (TPSA) is 83.7 Å². The van der Waals surface area contributed by atoms with Crippen LogP contribution in [0.15, 0.2) is 60.7 Å². The average Bonchev–Trinajstić information content (AvgIpc) is 3.32. The van der Waals surface area contributed by atoms with E-state index in [-0.39, 0.29) is 5.92 Å². The zero-order valence-electron chi connectivity index (χ0n) is 18.8. The van der Waals surface area contributed by atoms with Gasteiger partial charge in [-0.05, 0) is 79.4 Å². The second kappa shape index (κ2) is 8.60. The van der Waals surface area contributed by atoms with Gasteiger partial charge in [-0.15, -0.1) is 5.10 Å². The minimum Gasteiger partial charge on any atom is -0.384 e. The lowest BCUT2D eigenvalue weighted by Gasteiger charge is -2.44. The van der Waals surface area contributed by atoms with Crippen LogP contribution < -0.4 is 5.73 Å². The molecule has 1 unspecified atom stereocenters. The molecule has 2 aromatic carbocycles. The van der Waals surface area contributed by atoms with E-state index in [2.05, 4.69) is 79.9 Å². The number of fused-ring (bicyclic) bond motifs is 5. The summed E-state index contributed by atoms with van der Waals surface area (Å²) in [6, 6.07) is 22.4. The number of aromatic amines is 1. The SMILES string of the molecule is Nc1cc(C(CCCN2CC[C@H]3C[C@@H]2Cc2ccccc23)c2ccccc2)c2n[nH]nc2n1. The van der Waals surface area contributed by atoms with Gasteiger partial charge in [-0.1, -0.05) is 54.6 Å². The van der Waals surface area contributed by atoms with Gasteiger partial charge in [0.15, 0.2) is 0 Å². The van der Waals surface area contributed by atoms with Gasteiger partial charge in [-0.25, -0.2) is 4.98 Å². The number of nitrogens with one attached hydrogen (secondary N) is 1. The molecule has 6 rings (SSSR count). The molecule has 1 saturated heterocycles. The van der Waals surface area contributed by atoms with Gasteiger partial charge in [0.1, 0.15) is 11.3 Å². The first-order chi connectivity index (χ1) is 16.3. The third kappa shape index (κ3) is 3.89. The molecule has 3 atom stereocenters. The van der Waals surface area contributed by atoms with E-state index < -0.39 is 0 Å². The molecular formula is C27H30N6. The van der Waals surface area contributed by atoms with Crippen molar-refractivity contribution in [2.75, 3.05) is 18.8 Å². The molecule has 1 fully saturated rings. The van der Waals surface area contributed by atoms with Crippen molar-refractivity contribution < 1.29 is 0 Å². The molecule has 33 heavy (non-hydrogen) atoms. The highest BCUT2D eigenvalue weighted by Crippen LogP contribution is 2.40. The fourth-order valence-electron chi connectivity index (χ4n) is 6.09. The molecule has 0 spiro atoms. The number of nitrogens with two attached hydrogens (primary N) is 1. The molecule has 3 heterocycles. The van der Waals surface area contributed by atoms with Crippen LogP contribution in [-0.4, -0.2) is 44.4 Å². The summed E-state index contributed by atoms with van der Waals surface area (Å²) < 4.78 is 0. The molecule has 168 valence electrons. The monoisotopic (exact) mass is 438 g/mol. The molecule has 1 aliphatic carbocycles. The van der Waals surface area contributed by atoms with Gasteiger partial charge in [0, 0.05) is 12.0 Å². The summed E-state index contributed by atoms with van der Waals surface area (Å²) in [5.41, 5.74) is 13.1. The molecule has 2 aliphatic rings. The highest BCUT2D eigenvalue weighted by Gasteiger charge is 2.34. The fourth-order valence-corrected chi connectivity index (χ4v) is 6.09. The van der Waals surface area contributed by atoms with Gasteiger partial charge in [-0.2, -0.15) is 10.3 Å². The third-order valence-corrected chi connectivity index (χ3v) is 7.65. The Kier molecular flexibility index (Phi) is 5.30. The Morgan fingerprint density at radius 1 is 1.06 bits per heavy atom. The molecule has 0 amide bonds. The minimum absolute atomic E-state index is 0.216. The number of benzene rings is 2. The summed E-state index contributed by atoms with van der Waals surface area (Å²) in [7, 11) is 0. The maximum absolute atomic E-state index is 6.14. The number of likely N-dealkylation sites (tertiary alicyclic amines) is 1. The first kappa shape index (κ1) is 20.4. The Hall–Kier alpha value is -3.25. The molecule has 0 saturated carbocycles. The lowest BCUT2D eigenvalue weighted by Crippen LogP contribution is -2.46. The van der Waals surface area contributed by atoms with Crippen molar-refractivity contribution in [2.24, 2.45) is 0 Å². The fraction of sp³-hybridized carbons (Fsp3) is 0.370. The van der Waals surface area contributed by atoms with Crippen LogP contribution in [0.25, 0.3) is 11.2 Å². The second-order valence-corrected chi connectivity index (χ2v) is 9.55. The predicted molar refractivity (Wildman–Crippen MR) is 131 cm³/mol. The number of hydrogen-bond donors (Lipinski definition) is 2. The minimum atomic E-state index is 0.216. The van der Waals surface area contributed by atoms with Crippen LogP contribution in [-0.2, 0) is 6.42 Å². The smallest absolute Gasteiger partial charge is 0.203 e. The molecule has 6 heteroatoms. The average molecular weight is 439 g/mol. The van der Waals surface area contributed by atoms with E-state index in [9.17, 15) is 0 Å². The Morgan fingerprint density at radius 2 is 1.91 bits per heavy atom. The molecule has 4 aromatic rings. The first-order valence-electron chi connectivity index (χ1n) is 12.1. The van der Waals surface area contributed by atoms with Crippen molar-refractivity contribution in [1.29, 1.82) is 0 Å². The quantitative estimate of drug-likeness (QED) is 0.458. The van der Waals surface area contributed by atoms with E-state index in [1.807, 2.05) is 6.07 Å². The van der Waals surface area contributed by atoms with Gasteiger partial charge >= 0.3 is 0 Å². The number of anilines is 1. The number of pyridine rings is 1. The van der Waals surface area contributed by atoms with E-state index in [4.69, 9.17) is 5.73 Å². The van der Waals surface area contributed by atoms with E-state index >= 15 is 0 Å². The summed E-state index contributed by atoms with van der Waals surface area (Å²) in [6.07, 6.45) is 5.94. The first-order valence-corrected chi connectivity index (χ1v) is 12.1. The lowest BCUT2D eigenvalue weighted by atomic mass is 9.75. The largest absolute Gasteiger partial charge is 0.384 e. The number of nitrogen functional groups attached to an aromatic ring is 1. The molecule has 3 N–H and O–H groups in total. The van der Waals surface area contributed by atoms with Crippen molar-refractivity contribution in [1.82, 2.24) is 25.3 Å². The Labute approximate surface area is 194 Å². The van der Waals surface area contributed by atoms with Crippen molar-refractivity contribution in [2.45, 2.75) is 50.0 Å². The van der Waals surface area contributed by atoms with Crippen LogP contribution in [0.4, 0.5) is 5.82 Å². The van der Waals surface area contributed by atoms with Crippen LogP contribution in [0.3, 0.4) is 0 Å². The Bertz CT molecular complexity index is 1250. The van der Waals surface area contributed by atoms with Crippen molar-refractivity contribution >= 4 is 17.0 Å². The summed E-state index contributed by atoms with van der Waals surface area (Å²) in [4.78, 5) is 7.08. The van der Waals surface area contributed by atoms with Crippen molar-refractivity contribution in [3.63, 3.8) is 0 Å². The molecule has 2 bridgehead atoms. The molecule has 1 aliphatic heterocycles. The summed E-state index contributed by atoms with van der Waals surface area (Å²) >= 11 is 0. The van der Waals surface area contributed by atoms with E-state index in [1.54, 1.807) is 11.1 Å². The van der Waals surface area contributed by atoms with Crippen molar-refractivity contribution in [3.05, 3.63) is 82.9 Å². The zero-order chi connectivity index (χ0) is 22.2. The number of hydrogen-bond acceptors (Lipinski definition) is 5. The van der Waals surface area contributed by atoms with Gasteiger partial charge in [0.25, 0.3) is 0 Å². The third-order valence-electron chi connectivity index (χ3n) is 7.65. The highest BCUT2D eigenvalue weighted by molar-refractivity contribution is 5.77. The molecule has 2 aromatic heterocycles. The van der Waals surface area contributed by atoms with Gasteiger partial charge in [0.05, 0.1) is 0 Å². The van der Waals surface area contributed by atoms with Gasteiger partial charge in [0.2, 0.25) is 5.65 Å². The van der Waals surface area contributed by atoms with Crippen LogP contribution in [0.1, 0.15) is 59.8 Å². The number of piperidine rings is 1. The van der Waals surface area contributed by atoms with Gasteiger partial charge < -0.3 is 10.6 Å². The molecular weight excluding hydrogens is 408 g/mol. The van der Waals surface area contributed by atoms with E-state index in [0.29, 0.717) is 17.5 Å². The Morgan fingerprint density at radius 3 is 2.82 bits per heavy atom. The number of H-pyrrole nitrogens is 1. The lowest BCUT2D eigenvalue weighted by molar-refractivity contribution is 0.122. The predicted octanol–water partition coefficient (Wildman–Crippen LogP) is 4.65. The zero-order valence-corrected chi connectivity index (χ0v) is 18.8. The van der Waals surface area contributed by atoms with Crippen molar-refractivity contribution in [3.8, 4) is 0 Å². The summed E-state index contributed by atoms with van der Waals surface area (Å²) in [5.74, 6) is 1.46. The molecule has 0 radical (unpaired) electrons. The van der Waals surface area contributed by atoms with Crippen LogP contribution in [0.5, 0.6) is 0 Å². The van der Waals surface area contributed by atoms with Crippen LogP contribution in [0, 0.1) is 0 Å². The molecule has 6 nitrogen and oxygen atoms in total. The summed E-state index contributed by atoms with van der Waals surface area (Å²) in [6.45, 7) is 2.33. The van der Waals surface area contributed by atoms with Crippen LogP contribution >= 0.6 is 0 Å². The summed E-state index contributed by atoms with van der Waals surface area (Å²) in [5, 5.41) is 11.3. The standard InChI is InChI=1S/C27H30N6/c28-25-17-24(26-27(29-25)31-32-30-26)23(18-7-2-1-3-8-18)11-6-13-33-14-12-20-16-21(33)15-19-9-4-5-10-22(19)20/h1-5,7-10,17,20-21,23H,6,11-16H2,(H3,28,29,30,31,32)/t20-,21-,23?/m0/s1. The highest BCUT2D eigenvalue weighted by atomic mass is 15.3.